The normalized spacial score (nSPS) is 12.3. The van der Waals surface area contributed by atoms with Gasteiger partial charge >= 0.3 is 0 Å². The van der Waals surface area contributed by atoms with E-state index in [1.165, 1.54) is 0 Å². The number of benzene rings is 3. The Labute approximate surface area is 169 Å². The van der Waals surface area contributed by atoms with Gasteiger partial charge in [-0.2, -0.15) is 0 Å². The van der Waals surface area contributed by atoms with Gasteiger partial charge in [-0.05, 0) is 41.5 Å². The Hall–Kier alpha value is -3.19. The maximum Gasteiger partial charge on any atom is 0.251 e. The van der Waals surface area contributed by atoms with E-state index in [-0.39, 0.29) is 12.2 Å². The van der Waals surface area contributed by atoms with E-state index in [9.17, 15) is 18.0 Å². The van der Waals surface area contributed by atoms with Crippen LogP contribution in [0.2, 0.25) is 0 Å². The van der Waals surface area contributed by atoms with Gasteiger partial charge in [0, 0.05) is 17.5 Å². The number of hydrogen-bond acceptors (Lipinski definition) is 4. The van der Waals surface area contributed by atoms with Gasteiger partial charge in [0.25, 0.3) is 5.91 Å². The van der Waals surface area contributed by atoms with E-state index in [1.807, 2.05) is 36.4 Å². The van der Waals surface area contributed by atoms with Crippen molar-refractivity contribution in [1.29, 1.82) is 0 Å². The van der Waals surface area contributed by atoms with Crippen LogP contribution in [-0.4, -0.2) is 38.3 Å². The van der Waals surface area contributed by atoms with Crippen LogP contribution in [0.3, 0.4) is 0 Å². The average Bonchev–Trinajstić information content (AvgIpc) is 2.70. The summed E-state index contributed by atoms with van der Waals surface area (Å²) in [6.45, 7) is 0. The lowest BCUT2D eigenvalue weighted by Crippen LogP contribution is -2.44. The lowest BCUT2D eigenvalue weighted by Gasteiger charge is -2.18. The minimum atomic E-state index is -3.29. The van der Waals surface area contributed by atoms with E-state index >= 15 is 0 Å². The van der Waals surface area contributed by atoms with Crippen LogP contribution < -0.4 is 10.6 Å². The average molecular weight is 410 g/mol. The molecule has 0 saturated heterocycles. The lowest BCUT2D eigenvalue weighted by molar-refractivity contribution is -0.118. The molecule has 2 N–H and O–H groups in total. The Morgan fingerprint density at radius 1 is 0.897 bits per heavy atom. The molecule has 150 valence electrons. The summed E-state index contributed by atoms with van der Waals surface area (Å²) in [5.41, 5.74) is 0.974. The molecule has 7 heteroatoms. The second-order valence-corrected chi connectivity index (χ2v) is 9.12. The van der Waals surface area contributed by atoms with Crippen molar-refractivity contribution >= 4 is 38.1 Å². The van der Waals surface area contributed by atoms with Gasteiger partial charge in [-0.3, -0.25) is 9.59 Å². The fourth-order valence-electron chi connectivity index (χ4n) is 2.93. The van der Waals surface area contributed by atoms with E-state index in [0.29, 0.717) is 11.3 Å². The summed E-state index contributed by atoms with van der Waals surface area (Å²) >= 11 is 0. The Morgan fingerprint density at radius 2 is 1.55 bits per heavy atom. The summed E-state index contributed by atoms with van der Waals surface area (Å²) < 4.78 is 23.1. The number of hydrogen-bond donors (Lipinski definition) is 2. The molecular formula is C22H22N2O4S. The Morgan fingerprint density at radius 3 is 2.24 bits per heavy atom. The van der Waals surface area contributed by atoms with Crippen LogP contribution in [0, 0.1) is 0 Å². The Kier molecular flexibility index (Phi) is 6.29. The van der Waals surface area contributed by atoms with Crippen molar-refractivity contribution in [3.05, 3.63) is 78.4 Å². The molecule has 0 bridgehead atoms. The zero-order chi connectivity index (χ0) is 20.9. The zero-order valence-corrected chi connectivity index (χ0v) is 16.8. The van der Waals surface area contributed by atoms with Crippen molar-refractivity contribution in [1.82, 2.24) is 5.32 Å². The van der Waals surface area contributed by atoms with Gasteiger partial charge in [0.15, 0.2) is 0 Å². The number of rotatable bonds is 7. The highest BCUT2D eigenvalue weighted by molar-refractivity contribution is 7.90. The number of sulfone groups is 1. The molecule has 2 amide bonds. The standard InChI is InChI=1S/C22H22N2O4S/c1-29(27,28)14-13-20(24-21(25)17-8-3-2-4-9-17)22(26)23-19-12-11-16-7-5-6-10-18(16)15-19/h2-12,15,20H,13-14H2,1H3,(H,23,26)(H,24,25)/t20-/m1/s1. The third kappa shape index (κ3) is 5.89. The van der Waals surface area contributed by atoms with Crippen LogP contribution in [-0.2, 0) is 14.6 Å². The molecule has 0 radical (unpaired) electrons. The molecule has 0 spiro atoms. The molecule has 3 aromatic carbocycles. The van der Waals surface area contributed by atoms with Gasteiger partial charge in [0.2, 0.25) is 5.91 Å². The number of fused-ring (bicyclic) bond motifs is 1. The summed E-state index contributed by atoms with van der Waals surface area (Å²) in [5.74, 6) is -1.11. The summed E-state index contributed by atoms with van der Waals surface area (Å²) in [4.78, 5) is 25.3. The molecule has 0 aromatic heterocycles. The SMILES string of the molecule is CS(=O)(=O)CC[C@@H](NC(=O)c1ccccc1)C(=O)Nc1ccc2ccccc2c1. The first-order chi connectivity index (χ1) is 13.8. The number of amides is 2. The first-order valence-electron chi connectivity index (χ1n) is 9.15. The largest absolute Gasteiger partial charge is 0.340 e. The van der Waals surface area contributed by atoms with E-state index in [1.54, 1.807) is 36.4 Å². The zero-order valence-electron chi connectivity index (χ0n) is 16.0. The molecule has 6 nitrogen and oxygen atoms in total. The van der Waals surface area contributed by atoms with Crippen molar-refractivity contribution in [3.63, 3.8) is 0 Å². The third-order valence-corrected chi connectivity index (χ3v) is 5.43. The lowest BCUT2D eigenvalue weighted by atomic mass is 10.1. The van der Waals surface area contributed by atoms with Gasteiger partial charge < -0.3 is 10.6 Å². The summed E-state index contributed by atoms with van der Waals surface area (Å²) in [7, 11) is -3.29. The Bertz CT molecular complexity index is 1130. The van der Waals surface area contributed by atoms with Crippen molar-refractivity contribution in [3.8, 4) is 0 Å². The van der Waals surface area contributed by atoms with Gasteiger partial charge in [0.05, 0.1) is 5.75 Å². The third-order valence-electron chi connectivity index (χ3n) is 4.45. The number of carbonyl (C=O) groups is 2. The highest BCUT2D eigenvalue weighted by Crippen LogP contribution is 2.19. The van der Waals surface area contributed by atoms with Crippen molar-refractivity contribution in [2.24, 2.45) is 0 Å². The minimum Gasteiger partial charge on any atom is -0.340 e. The fraction of sp³-hybridized carbons (Fsp3) is 0.182. The number of anilines is 1. The van der Waals surface area contributed by atoms with Crippen LogP contribution in [0.4, 0.5) is 5.69 Å². The van der Waals surface area contributed by atoms with E-state index in [4.69, 9.17) is 0 Å². The highest BCUT2D eigenvalue weighted by Gasteiger charge is 2.23. The Balaban J connectivity index is 1.77. The molecule has 1 atom stereocenters. The molecular weight excluding hydrogens is 388 g/mol. The topological polar surface area (TPSA) is 92.3 Å². The van der Waals surface area contributed by atoms with Crippen LogP contribution in [0.5, 0.6) is 0 Å². The maximum atomic E-state index is 12.8. The van der Waals surface area contributed by atoms with Gasteiger partial charge in [-0.1, -0.05) is 48.5 Å². The fourth-order valence-corrected chi connectivity index (χ4v) is 3.59. The van der Waals surface area contributed by atoms with Crippen LogP contribution in [0.25, 0.3) is 10.8 Å². The van der Waals surface area contributed by atoms with Gasteiger partial charge in [-0.15, -0.1) is 0 Å². The first-order valence-corrected chi connectivity index (χ1v) is 11.2. The smallest absolute Gasteiger partial charge is 0.251 e. The van der Waals surface area contributed by atoms with Crippen molar-refractivity contribution in [2.75, 3.05) is 17.3 Å². The molecule has 0 aliphatic rings. The molecule has 0 heterocycles. The minimum absolute atomic E-state index is 0.0170. The monoisotopic (exact) mass is 410 g/mol. The predicted octanol–water partition coefficient (Wildman–Crippen LogP) is 3.01. The van der Waals surface area contributed by atoms with Gasteiger partial charge in [0.1, 0.15) is 15.9 Å². The second kappa shape index (κ2) is 8.87. The van der Waals surface area contributed by atoms with Crippen molar-refractivity contribution in [2.45, 2.75) is 12.5 Å². The quantitative estimate of drug-likeness (QED) is 0.626. The summed E-state index contributed by atoms with van der Waals surface area (Å²) in [5, 5.41) is 7.43. The van der Waals surface area contributed by atoms with Crippen LogP contribution in [0.15, 0.2) is 72.8 Å². The molecule has 29 heavy (non-hydrogen) atoms. The maximum absolute atomic E-state index is 12.8. The van der Waals surface area contributed by atoms with E-state index in [0.717, 1.165) is 17.0 Å². The van der Waals surface area contributed by atoms with E-state index < -0.39 is 27.7 Å². The second-order valence-electron chi connectivity index (χ2n) is 6.86. The number of nitrogens with one attached hydrogen (secondary N) is 2. The molecule has 0 unspecified atom stereocenters. The molecule has 0 aliphatic carbocycles. The van der Waals surface area contributed by atoms with Gasteiger partial charge in [-0.25, -0.2) is 8.42 Å². The summed E-state index contributed by atoms with van der Waals surface area (Å²) in [6, 6.07) is 20.7. The molecule has 0 saturated carbocycles. The summed E-state index contributed by atoms with van der Waals surface area (Å²) in [6.07, 6.45) is 1.08. The molecule has 3 aromatic rings. The highest BCUT2D eigenvalue weighted by atomic mass is 32.2. The van der Waals surface area contributed by atoms with Crippen LogP contribution in [0.1, 0.15) is 16.8 Å². The van der Waals surface area contributed by atoms with Crippen LogP contribution >= 0.6 is 0 Å². The number of carbonyl (C=O) groups excluding carboxylic acids is 2. The predicted molar refractivity (Wildman–Crippen MR) is 115 cm³/mol. The molecule has 0 aliphatic heterocycles. The molecule has 0 fully saturated rings. The molecule has 3 rings (SSSR count). The first kappa shape index (κ1) is 20.5. The van der Waals surface area contributed by atoms with Crippen molar-refractivity contribution < 1.29 is 18.0 Å². The van der Waals surface area contributed by atoms with E-state index in [2.05, 4.69) is 10.6 Å².